The predicted molar refractivity (Wildman–Crippen MR) is 226 cm³/mol. The van der Waals surface area contributed by atoms with Crippen molar-refractivity contribution in [2.24, 2.45) is 0 Å². The summed E-state index contributed by atoms with van der Waals surface area (Å²) in [5, 5.41) is 2.06. The van der Waals surface area contributed by atoms with E-state index in [1.807, 2.05) is 97.6 Å². The molecule has 2 amide bonds. The molecular formula is C49H52N4O3. The number of carbonyl (C=O) groups excluding carboxylic acids is 2. The number of ether oxygens (including phenoxy) is 1. The highest BCUT2D eigenvalue weighted by molar-refractivity contribution is 6.07. The van der Waals surface area contributed by atoms with Crippen molar-refractivity contribution in [2.75, 3.05) is 19.6 Å². The van der Waals surface area contributed by atoms with Crippen molar-refractivity contribution in [3.8, 4) is 0 Å². The monoisotopic (exact) mass is 744 g/mol. The van der Waals surface area contributed by atoms with Gasteiger partial charge in [0.2, 0.25) is 0 Å². The van der Waals surface area contributed by atoms with Gasteiger partial charge in [-0.3, -0.25) is 9.69 Å². The van der Waals surface area contributed by atoms with Crippen molar-refractivity contribution in [3.63, 3.8) is 0 Å². The quantitative estimate of drug-likeness (QED) is 0.159. The van der Waals surface area contributed by atoms with E-state index in [-0.39, 0.29) is 17.5 Å². The molecule has 8 rings (SSSR count). The molecule has 0 atom stereocenters. The van der Waals surface area contributed by atoms with Crippen LogP contribution in [-0.2, 0) is 10.3 Å². The molecule has 0 N–H and O–H groups in total. The maximum Gasteiger partial charge on any atom is 0.410 e. The molecule has 1 aliphatic heterocycles. The van der Waals surface area contributed by atoms with E-state index in [0.29, 0.717) is 19.6 Å². The zero-order valence-corrected chi connectivity index (χ0v) is 32.8. The van der Waals surface area contributed by atoms with E-state index in [2.05, 4.69) is 95.1 Å². The number of hydrogen-bond acceptors (Lipinski definition) is 4. The molecule has 5 aromatic carbocycles. The zero-order valence-electron chi connectivity index (χ0n) is 32.8. The molecule has 0 unspecified atom stereocenters. The van der Waals surface area contributed by atoms with Crippen LogP contribution < -0.4 is 0 Å². The Labute approximate surface area is 331 Å². The summed E-state index contributed by atoms with van der Waals surface area (Å²) in [5.74, 6) is 0.0561. The lowest BCUT2D eigenvalue weighted by Gasteiger charge is -2.52. The normalized spacial score (nSPS) is 15.5. The van der Waals surface area contributed by atoms with Crippen molar-refractivity contribution >= 4 is 28.8 Å². The van der Waals surface area contributed by atoms with Crippen LogP contribution in [0.1, 0.15) is 85.6 Å². The molecule has 2 aliphatic rings. The number of aromatic nitrogens is 2. The van der Waals surface area contributed by atoms with Gasteiger partial charge >= 0.3 is 6.09 Å². The number of nitrogens with zero attached hydrogens (tertiary/aromatic N) is 4. The fourth-order valence-electron chi connectivity index (χ4n) is 8.59. The van der Waals surface area contributed by atoms with Crippen molar-refractivity contribution in [1.29, 1.82) is 0 Å². The highest BCUT2D eigenvalue weighted by atomic mass is 16.6. The Morgan fingerprint density at radius 1 is 0.714 bits per heavy atom. The molecule has 0 bridgehead atoms. The molecule has 7 heteroatoms. The van der Waals surface area contributed by atoms with E-state index < -0.39 is 11.1 Å². The molecule has 0 radical (unpaired) electrons. The van der Waals surface area contributed by atoms with Crippen LogP contribution in [0.4, 0.5) is 4.79 Å². The molecule has 1 saturated heterocycles. The van der Waals surface area contributed by atoms with E-state index in [9.17, 15) is 9.59 Å². The SMILES string of the molecule is C=Cc1cn(C(c2ccccc2)(c2ccccc2)c2ccccc2)cn1.CC(C)(C)OC(=O)N1CCN(C(=O)c2cccc3ccccc23)CC12CCCCC2. The first kappa shape index (κ1) is 38.3. The molecule has 2 fully saturated rings. The number of rotatable bonds is 6. The van der Waals surface area contributed by atoms with E-state index in [4.69, 9.17) is 4.74 Å². The average molecular weight is 745 g/mol. The van der Waals surface area contributed by atoms with Gasteiger partial charge in [0, 0.05) is 31.4 Å². The van der Waals surface area contributed by atoms with Gasteiger partial charge in [0.05, 0.1) is 17.6 Å². The van der Waals surface area contributed by atoms with Gasteiger partial charge in [0.1, 0.15) is 11.1 Å². The minimum absolute atomic E-state index is 0.0561. The van der Waals surface area contributed by atoms with E-state index in [1.165, 1.54) is 23.1 Å². The van der Waals surface area contributed by atoms with Crippen LogP contribution in [0, 0.1) is 0 Å². The standard InChI is InChI=1S/C25H32N2O3.C24H20N2/c1-24(2,3)30-23(29)27-17-16-26(18-25(27)14-7-4-8-15-25)22(28)21-13-9-11-19-10-5-6-12-20(19)21;1-2-23-18-26(19-25-23)24(20-12-6-3-7-13-20,21-14-8-4-9-15-21)22-16-10-5-11-17-22/h5-6,9-13H,4,7-8,14-18H2,1-3H3;2-19H,1H2. The summed E-state index contributed by atoms with van der Waals surface area (Å²) in [6.07, 6.45) is 10.7. The number of benzene rings is 5. The Hall–Kier alpha value is -5.95. The number of fused-ring (bicyclic) bond motifs is 1. The summed E-state index contributed by atoms with van der Waals surface area (Å²) in [4.78, 5) is 34.9. The fourth-order valence-corrected chi connectivity index (χ4v) is 8.59. The highest BCUT2D eigenvalue weighted by Gasteiger charge is 2.47. The van der Waals surface area contributed by atoms with Crippen LogP contribution in [0.2, 0.25) is 0 Å². The van der Waals surface area contributed by atoms with Gasteiger partial charge in [-0.1, -0.05) is 153 Å². The van der Waals surface area contributed by atoms with Crippen LogP contribution >= 0.6 is 0 Å². The Bertz CT molecular complexity index is 2150. The van der Waals surface area contributed by atoms with Crippen LogP contribution in [0.3, 0.4) is 0 Å². The lowest BCUT2D eigenvalue weighted by molar-refractivity contribution is -0.0425. The minimum Gasteiger partial charge on any atom is -0.444 e. The minimum atomic E-state index is -0.525. The van der Waals surface area contributed by atoms with Crippen LogP contribution in [0.15, 0.2) is 153 Å². The number of piperazine rings is 1. The Morgan fingerprint density at radius 2 is 1.27 bits per heavy atom. The lowest BCUT2D eigenvalue weighted by atomic mass is 9.77. The maximum absolute atomic E-state index is 13.5. The number of carbonyl (C=O) groups is 2. The third kappa shape index (κ3) is 7.76. The van der Waals surface area contributed by atoms with Gasteiger partial charge in [-0.15, -0.1) is 0 Å². The van der Waals surface area contributed by atoms with Gasteiger partial charge in [-0.2, -0.15) is 0 Å². The van der Waals surface area contributed by atoms with Crippen molar-refractivity contribution in [1.82, 2.24) is 19.4 Å². The number of hydrogen-bond donors (Lipinski definition) is 0. The van der Waals surface area contributed by atoms with Gasteiger partial charge in [0.25, 0.3) is 5.91 Å². The summed E-state index contributed by atoms with van der Waals surface area (Å²) in [5.41, 5.74) is 3.81. The molecule has 1 aliphatic carbocycles. The summed E-state index contributed by atoms with van der Waals surface area (Å²) < 4.78 is 7.91. The molecule has 1 aromatic heterocycles. The molecular weight excluding hydrogens is 693 g/mol. The maximum atomic E-state index is 13.5. The van der Waals surface area contributed by atoms with Crippen molar-refractivity contribution < 1.29 is 14.3 Å². The van der Waals surface area contributed by atoms with Gasteiger partial charge in [-0.25, -0.2) is 9.78 Å². The van der Waals surface area contributed by atoms with Crippen LogP contribution in [-0.4, -0.2) is 62.1 Å². The predicted octanol–water partition coefficient (Wildman–Crippen LogP) is 10.6. The van der Waals surface area contributed by atoms with Gasteiger partial charge in [-0.05, 0) is 73.2 Å². The van der Waals surface area contributed by atoms with Crippen LogP contribution in [0.25, 0.3) is 16.8 Å². The smallest absolute Gasteiger partial charge is 0.410 e. The molecule has 1 spiro atoms. The second-order valence-corrected chi connectivity index (χ2v) is 15.9. The summed E-state index contributed by atoms with van der Waals surface area (Å²) in [7, 11) is 0. The van der Waals surface area contributed by atoms with Crippen molar-refractivity contribution in [3.05, 3.63) is 181 Å². The Balaban J connectivity index is 0.000000173. The molecule has 56 heavy (non-hydrogen) atoms. The number of imidazole rings is 1. The lowest BCUT2D eigenvalue weighted by Crippen LogP contribution is -2.65. The van der Waals surface area contributed by atoms with E-state index >= 15 is 0 Å². The first-order valence-corrected chi connectivity index (χ1v) is 19.8. The van der Waals surface area contributed by atoms with Crippen molar-refractivity contribution in [2.45, 2.75) is 69.6 Å². The second-order valence-electron chi connectivity index (χ2n) is 15.9. The second kappa shape index (κ2) is 16.4. The largest absolute Gasteiger partial charge is 0.444 e. The molecule has 6 aromatic rings. The highest BCUT2D eigenvalue weighted by Crippen LogP contribution is 2.41. The van der Waals surface area contributed by atoms with Gasteiger partial charge in [0.15, 0.2) is 0 Å². The Kier molecular flexibility index (Phi) is 11.2. The Morgan fingerprint density at radius 3 is 1.82 bits per heavy atom. The average Bonchev–Trinajstić information content (AvgIpc) is 3.71. The number of amides is 2. The first-order chi connectivity index (χ1) is 27.1. The van der Waals surface area contributed by atoms with Crippen LogP contribution in [0.5, 0.6) is 0 Å². The van der Waals surface area contributed by atoms with E-state index in [1.54, 1.807) is 6.08 Å². The molecule has 1 saturated carbocycles. The zero-order chi connectivity index (χ0) is 39.2. The fraction of sp³-hybridized carbons (Fsp3) is 0.286. The third-order valence-corrected chi connectivity index (χ3v) is 11.1. The van der Waals surface area contributed by atoms with Gasteiger partial charge < -0.3 is 14.2 Å². The van der Waals surface area contributed by atoms with E-state index in [0.717, 1.165) is 47.7 Å². The summed E-state index contributed by atoms with van der Waals surface area (Å²) >= 11 is 0. The molecule has 286 valence electrons. The molecule has 7 nitrogen and oxygen atoms in total. The topological polar surface area (TPSA) is 67.7 Å². The molecule has 2 heterocycles. The third-order valence-electron chi connectivity index (χ3n) is 11.1. The first-order valence-electron chi connectivity index (χ1n) is 19.8. The summed E-state index contributed by atoms with van der Waals surface area (Å²) in [6.45, 7) is 11.2. The summed E-state index contributed by atoms with van der Waals surface area (Å²) in [6, 6.07) is 45.6.